The van der Waals surface area contributed by atoms with Gasteiger partial charge in [0.25, 0.3) is 0 Å². The minimum absolute atomic E-state index is 0.215. The molecule has 0 bridgehead atoms. The van der Waals surface area contributed by atoms with Gasteiger partial charge < -0.3 is 4.90 Å². The summed E-state index contributed by atoms with van der Waals surface area (Å²) in [5.74, 6) is 1.83. The van der Waals surface area contributed by atoms with Crippen LogP contribution in [0.25, 0.3) is 0 Å². The van der Waals surface area contributed by atoms with Gasteiger partial charge in [0.2, 0.25) is 0 Å². The first kappa shape index (κ1) is 11.6. The first-order valence-corrected chi connectivity index (χ1v) is 6.73. The highest BCUT2D eigenvalue weighted by Crippen LogP contribution is 2.35. The van der Waals surface area contributed by atoms with Crippen LogP contribution in [0.1, 0.15) is 31.1 Å². The highest BCUT2D eigenvalue weighted by atomic mass is 79.9. The van der Waals surface area contributed by atoms with Crippen LogP contribution in [0.5, 0.6) is 0 Å². The van der Waals surface area contributed by atoms with Crippen molar-refractivity contribution in [1.29, 1.82) is 0 Å². The Bertz CT molecular complexity index is 514. The summed E-state index contributed by atoms with van der Waals surface area (Å²) in [5.41, 5.74) is 0. The van der Waals surface area contributed by atoms with E-state index in [0.29, 0.717) is 0 Å². The van der Waals surface area contributed by atoms with Crippen molar-refractivity contribution in [2.24, 2.45) is 0 Å². The third kappa shape index (κ3) is 2.10. The Morgan fingerprint density at radius 3 is 3.00 bits per heavy atom. The van der Waals surface area contributed by atoms with E-state index in [1.54, 1.807) is 18.9 Å². The Kier molecular flexibility index (Phi) is 3.22. The number of nitrogens with one attached hydrogen (secondary N) is 1. The van der Waals surface area contributed by atoms with Gasteiger partial charge in [-0.3, -0.25) is 5.10 Å². The van der Waals surface area contributed by atoms with Gasteiger partial charge >= 0.3 is 0 Å². The Morgan fingerprint density at radius 2 is 2.22 bits per heavy atom. The summed E-state index contributed by atoms with van der Waals surface area (Å²) < 4.78 is 0.913. The summed E-state index contributed by atoms with van der Waals surface area (Å²) in [4.78, 5) is 14.9. The van der Waals surface area contributed by atoms with Gasteiger partial charge in [-0.1, -0.05) is 0 Å². The van der Waals surface area contributed by atoms with Crippen molar-refractivity contribution in [3.05, 3.63) is 29.1 Å². The molecule has 0 spiro atoms. The molecule has 0 radical (unpaired) electrons. The number of piperidine rings is 1. The van der Waals surface area contributed by atoms with Crippen LogP contribution in [-0.4, -0.2) is 31.7 Å². The topological polar surface area (TPSA) is 70.6 Å². The van der Waals surface area contributed by atoms with Crippen molar-refractivity contribution in [3.63, 3.8) is 0 Å². The molecule has 18 heavy (non-hydrogen) atoms. The lowest BCUT2D eigenvalue weighted by Crippen LogP contribution is -2.35. The second-order valence-electron chi connectivity index (χ2n) is 4.27. The SMILES string of the molecule is Brc1cncnc1N1CCCC[C@@H]1c1ncn[nH]1. The molecule has 6 nitrogen and oxygen atoms in total. The molecule has 7 heteroatoms. The van der Waals surface area contributed by atoms with Crippen molar-refractivity contribution in [2.75, 3.05) is 11.4 Å². The van der Waals surface area contributed by atoms with E-state index in [-0.39, 0.29) is 6.04 Å². The number of hydrogen-bond acceptors (Lipinski definition) is 5. The molecular weight excluding hydrogens is 296 g/mol. The fraction of sp³-hybridized carbons (Fsp3) is 0.455. The van der Waals surface area contributed by atoms with Crippen LogP contribution in [-0.2, 0) is 0 Å². The molecule has 1 fully saturated rings. The lowest BCUT2D eigenvalue weighted by Gasteiger charge is -2.35. The zero-order chi connectivity index (χ0) is 12.4. The molecule has 1 aliphatic rings. The van der Waals surface area contributed by atoms with Crippen molar-refractivity contribution in [1.82, 2.24) is 25.1 Å². The predicted molar refractivity (Wildman–Crippen MR) is 70.1 cm³/mol. The molecular formula is C11H13BrN6. The highest BCUT2D eigenvalue weighted by Gasteiger charge is 2.28. The van der Waals surface area contributed by atoms with E-state index in [9.17, 15) is 0 Å². The van der Waals surface area contributed by atoms with E-state index in [0.717, 1.165) is 29.1 Å². The van der Waals surface area contributed by atoms with Crippen LogP contribution >= 0.6 is 15.9 Å². The van der Waals surface area contributed by atoms with Gasteiger partial charge in [0.05, 0.1) is 10.5 Å². The van der Waals surface area contributed by atoms with E-state index < -0.39 is 0 Å². The van der Waals surface area contributed by atoms with Gasteiger partial charge in [-0.2, -0.15) is 5.10 Å². The van der Waals surface area contributed by atoms with Crippen LogP contribution < -0.4 is 4.90 Å². The first-order valence-electron chi connectivity index (χ1n) is 5.93. The predicted octanol–water partition coefficient (Wildman–Crippen LogP) is 2.09. The number of nitrogens with zero attached hydrogens (tertiary/aromatic N) is 5. The maximum absolute atomic E-state index is 4.37. The van der Waals surface area contributed by atoms with Crippen LogP contribution in [0.4, 0.5) is 5.82 Å². The largest absolute Gasteiger partial charge is 0.345 e. The molecule has 1 saturated heterocycles. The van der Waals surface area contributed by atoms with Crippen LogP contribution in [0.15, 0.2) is 23.3 Å². The van der Waals surface area contributed by atoms with Crippen LogP contribution in [0.2, 0.25) is 0 Å². The third-order valence-corrected chi connectivity index (χ3v) is 3.73. The normalized spacial score (nSPS) is 20.1. The quantitative estimate of drug-likeness (QED) is 0.920. The summed E-state index contributed by atoms with van der Waals surface area (Å²) in [5, 5.41) is 6.91. The van der Waals surface area contributed by atoms with Crippen molar-refractivity contribution >= 4 is 21.7 Å². The number of aromatic nitrogens is 5. The highest BCUT2D eigenvalue weighted by molar-refractivity contribution is 9.10. The summed E-state index contributed by atoms with van der Waals surface area (Å²) in [6.45, 7) is 0.973. The lowest BCUT2D eigenvalue weighted by atomic mass is 10.0. The van der Waals surface area contributed by atoms with Crippen LogP contribution in [0.3, 0.4) is 0 Å². The molecule has 0 amide bonds. The molecule has 0 saturated carbocycles. The molecule has 0 aliphatic carbocycles. The van der Waals surface area contributed by atoms with Gasteiger partial charge in [0, 0.05) is 12.7 Å². The molecule has 1 N–H and O–H groups in total. The fourth-order valence-electron chi connectivity index (χ4n) is 2.36. The maximum Gasteiger partial charge on any atom is 0.147 e. The number of anilines is 1. The lowest BCUT2D eigenvalue weighted by molar-refractivity contribution is 0.453. The van der Waals surface area contributed by atoms with E-state index >= 15 is 0 Å². The number of hydrogen-bond donors (Lipinski definition) is 1. The van der Waals surface area contributed by atoms with Gasteiger partial charge in [-0.25, -0.2) is 15.0 Å². The number of aromatic amines is 1. The van der Waals surface area contributed by atoms with Gasteiger partial charge in [-0.05, 0) is 35.2 Å². The van der Waals surface area contributed by atoms with E-state index in [4.69, 9.17) is 0 Å². The smallest absolute Gasteiger partial charge is 0.147 e. The molecule has 2 aromatic heterocycles. The average molecular weight is 309 g/mol. The second kappa shape index (κ2) is 5.01. The molecule has 1 aliphatic heterocycles. The number of H-pyrrole nitrogens is 1. The van der Waals surface area contributed by atoms with E-state index in [1.165, 1.54) is 12.8 Å². The molecule has 1 atom stereocenters. The monoisotopic (exact) mass is 308 g/mol. The summed E-state index contributed by atoms with van der Waals surface area (Å²) >= 11 is 3.51. The fourth-order valence-corrected chi connectivity index (χ4v) is 2.81. The Labute approximate surface area is 113 Å². The van der Waals surface area contributed by atoms with Crippen LogP contribution in [0, 0.1) is 0 Å². The third-order valence-electron chi connectivity index (χ3n) is 3.17. The standard InChI is InChI=1S/C11H13BrN6/c12-8-5-13-6-15-11(8)18-4-2-1-3-9(18)10-14-7-16-17-10/h5-7,9H,1-4H2,(H,14,16,17)/t9-/m1/s1. The van der Waals surface area contributed by atoms with Crippen molar-refractivity contribution < 1.29 is 0 Å². The van der Waals surface area contributed by atoms with Crippen molar-refractivity contribution in [2.45, 2.75) is 25.3 Å². The Balaban J connectivity index is 1.95. The number of halogens is 1. The van der Waals surface area contributed by atoms with E-state index in [1.807, 2.05) is 0 Å². The molecule has 3 heterocycles. The zero-order valence-electron chi connectivity index (χ0n) is 9.75. The molecule has 2 aromatic rings. The minimum Gasteiger partial charge on any atom is -0.345 e. The average Bonchev–Trinajstić information content (AvgIpc) is 2.93. The molecule has 3 rings (SSSR count). The second-order valence-corrected chi connectivity index (χ2v) is 5.12. The number of rotatable bonds is 2. The molecule has 94 valence electrons. The molecule has 0 aromatic carbocycles. The zero-order valence-corrected chi connectivity index (χ0v) is 11.3. The van der Waals surface area contributed by atoms with Crippen molar-refractivity contribution in [3.8, 4) is 0 Å². The summed E-state index contributed by atoms with van der Waals surface area (Å²) in [6, 6.07) is 0.215. The minimum atomic E-state index is 0.215. The van der Waals surface area contributed by atoms with Gasteiger partial charge in [0.1, 0.15) is 24.3 Å². The first-order chi connectivity index (χ1) is 8.86. The Morgan fingerprint density at radius 1 is 1.28 bits per heavy atom. The summed E-state index contributed by atoms with van der Waals surface area (Å²) in [7, 11) is 0. The Hall–Kier alpha value is -1.50. The van der Waals surface area contributed by atoms with Gasteiger partial charge in [0.15, 0.2) is 0 Å². The van der Waals surface area contributed by atoms with Gasteiger partial charge in [-0.15, -0.1) is 0 Å². The maximum atomic E-state index is 4.37. The summed E-state index contributed by atoms with van der Waals surface area (Å²) in [6.07, 6.45) is 8.33. The molecule has 0 unspecified atom stereocenters. The van der Waals surface area contributed by atoms with E-state index in [2.05, 4.69) is 46.0 Å².